The van der Waals surface area contributed by atoms with Crippen LogP contribution in [0.25, 0.3) is 10.9 Å². The van der Waals surface area contributed by atoms with E-state index in [0.29, 0.717) is 11.5 Å². The molecule has 0 atom stereocenters. The van der Waals surface area contributed by atoms with Crippen molar-refractivity contribution in [3.63, 3.8) is 0 Å². The first kappa shape index (κ1) is 17.6. The molecule has 1 N–H and O–H groups in total. The summed E-state index contributed by atoms with van der Waals surface area (Å²) in [5.41, 5.74) is 5.45. The molecule has 0 spiro atoms. The average Bonchev–Trinajstić information content (AvgIpc) is 2.77. The predicted molar refractivity (Wildman–Crippen MR) is 96.6 cm³/mol. The van der Waals surface area contributed by atoms with Crippen LogP contribution in [0.5, 0.6) is 0 Å². The van der Waals surface area contributed by atoms with Crippen LogP contribution in [-0.2, 0) is 13.0 Å². The Kier molecular flexibility index (Phi) is 5.51. The third kappa shape index (κ3) is 3.29. The van der Waals surface area contributed by atoms with E-state index in [4.69, 9.17) is 0 Å². The number of carboxylic acid groups (broad SMARTS) is 1. The number of rotatable bonds is 7. The highest BCUT2D eigenvalue weighted by Gasteiger charge is 2.20. The maximum absolute atomic E-state index is 11.6. The molecule has 2 aromatic rings. The van der Waals surface area contributed by atoms with E-state index >= 15 is 0 Å². The Bertz CT molecular complexity index is 710. The van der Waals surface area contributed by atoms with Crippen molar-refractivity contribution in [3.8, 4) is 0 Å². The van der Waals surface area contributed by atoms with Gasteiger partial charge in [0, 0.05) is 17.6 Å². The molecule has 0 amide bonds. The number of aromatic carboxylic acids is 1. The third-order valence-electron chi connectivity index (χ3n) is 4.67. The lowest BCUT2D eigenvalue weighted by molar-refractivity contribution is 0.0697. The SMILES string of the molecule is CCCCc1c(C)n(CCC)c2c(C(C)C)cc(C(=O)O)cc12. The van der Waals surface area contributed by atoms with Crippen LogP contribution in [-0.4, -0.2) is 15.6 Å². The monoisotopic (exact) mass is 315 g/mol. The van der Waals surface area contributed by atoms with E-state index in [1.807, 2.05) is 12.1 Å². The minimum Gasteiger partial charge on any atom is -0.478 e. The van der Waals surface area contributed by atoms with Crippen LogP contribution in [0.2, 0.25) is 0 Å². The fourth-order valence-electron chi connectivity index (χ4n) is 3.45. The fourth-order valence-corrected chi connectivity index (χ4v) is 3.45. The van der Waals surface area contributed by atoms with E-state index < -0.39 is 5.97 Å². The Hall–Kier alpha value is -1.77. The first-order valence-corrected chi connectivity index (χ1v) is 8.81. The average molecular weight is 315 g/mol. The number of hydrogen-bond acceptors (Lipinski definition) is 1. The minimum atomic E-state index is -0.837. The highest BCUT2D eigenvalue weighted by molar-refractivity contribution is 5.97. The van der Waals surface area contributed by atoms with Crippen molar-refractivity contribution in [2.24, 2.45) is 0 Å². The summed E-state index contributed by atoms with van der Waals surface area (Å²) in [7, 11) is 0. The van der Waals surface area contributed by atoms with Gasteiger partial charge >= 0.3 is 5.97 Å². The molecule has 1 aromatic heterocycles. The zero-order valence-corrected chi connectivity index (χ0v) is 15.1. The van der Waals surface area contributed by atoms with Crippen molar-refractivity contribution in [1.29, 1.82) is 0 Å². The smallest absolute Gasteiger partial charge is 0.335 e. The summed E-state index contributed by atoms with van der Waals surface area (Å²) in [6.45, 7) is 11.8. The standard InChI is InChI=1S/C20H29NO2/c1-6-8-9-16-14(5)21(10-7-2)19-17(13(3)4)11-15(20(22)23)12-18(16)19/h11-13H,6-10H2,1-5H3,(H,22,23). The second kappa shape index (κ2) is 7.20. The molecule has 0 bridgehead atoms. The molecule has 0 unspecified atom stereocenters. The van der Waals surface area contributed by atoms with E-state index in [-0.39, 0.29) is 0 Å². The Labute approximate surface area is 139 Å². The fraction of sp³-hybridized carbons (Fsp3) is 0.550. The Balaban J connectivity index is 2.83. The quantitative estimate of drug-likeness (QED) is 0.730. The van der Waals surface area contributed by atoms with Gasteiger partial charge in [-0.05, 0) is 55.4 Å². The molecule has 0 aliphatic rings. The van der Waals surface area contributed by atoms with E-state index in [2.05, 4.69) is 39.2 Å². The van der Waals surface area contributed by atoms with Gasteiger partial charge in [0.2, 0.25) is 0 Å². The van der Waals surface area contributed by atoms with E-state index in [1.54, 1.807) is 0 Å². The topological polar surface area (TPSA) is 42.2 Å². The van der Waals surface area contributed by atoms with Gasteiger partial charge in [-0.25, -0.2) is 4.79 Å². The molecule has 0 fully saturated rings. The minimum absolute atomic E-state index is 0.306. The van der Waals surface area contributed by atoms with E-state index in [9.17, 15) is 9.90 Å². The van der Waals surface area contributed by atoms with Crippen molar-refractivity contribution >= 4 is 16.9 Å². The molecule has 0 saturated carbocycles. The number of aryl methyl sites for hydroxylation is 2. The lowest BCUT2D eigenvalue weighted by Gasteiger charge is -2.14. The van der Waals surface area contributed by atoms with Crippen molar-refractivity contribution in [2.75, 3.05) is 0 Å². The van der Waals surface area contributed by atoms with Crippen molar-refractivity contribution in [1.82, 2.24) is 4.57 Å². The molecule has 23 heavy (non-hydrogen) atoms. The van der Waals surface area contributed by atoms with Crippen molar-refractivity contribution in [2.45, 2.75) is 72.8 Å². The zero-order valence-electron chi connectivity index (χ0n) is 15.1. The summed E-state index contributed by atoms with van der Waals surface area (Å²) in [5, 5.41) is 10.6. The van der Waals surface area contributed by atoms with Crippen LogP contribution < -0.4 is 0 Å². The van der Waals surface area contributed by atoms with Gasteiger partial charge in [-0.2, -0.15) is 0 Å². The second-order valence-electron chi connectivity index (χ2n) is 6.74. The van der Waals surface area contributed by atoms with Crippen LogP contribution in [0.3, 0.4) is 0 Å². The Morgan fingerprint density at radius 2 is 1.91 bits per heavy atom. The molecule has 0 aliphatic carbocycles. The third-order valence-corrected chi connectivity index (χ3v) is 4.67. The maximum Gasteiger partial charge on any atom is 0.335 e. The van der Waals surface area contributed by atoms with Gasteiger partial charge < -0.3 is 9.67 Å². The van der Waals surface area contributed by atoms with Crippen LogP contribution in [0.1, 0.15) is 80.1 Å². The first-order valence-electron chi connectivity index (χ1n) is 8.81. The summed E-state index contributed by atoms with van der Waals surface area (Å²) in [6, 6.07) is 3.75. The van der Waals surface area contributed by atoms with Crippen LogP contribution >= 0.6 is 0 Å². The summed E-state index contributed by atoms with van der Waals surface area (Å²) in [4.78, 5) is 11.6. The van der Waals surface area contributed by atoms with Crippen molar-refractivity contribution in [3.05, 3.63) is 34.5 Å². The van der Waals surface area contributed by atoms with E-state index in [0.717, 1.165) is 43.2 Å². The molecule has 0 saturated heterocycles. The van der Waals surface area contributed by atoms with Gasteiger partial charge in [-0.15, -0.1) is 0 Å². The van der Waals surface area contributed by atoms with Gasteiger partial charge in [0.15, 0.2) is 0 Å². The Morgan fingerprint density at radius 1 is 1.22 bits per heavy atom. The summed E-state index contributed by atoms with van der Waals surface area (Å²) in [6.07, 6.45) is 4.39. The molecule has 1 aromatic carbocycles. The maximum atomic E-state index is 11.6. The molecule has 0 radical (unpaired) electrons. The van der Waals surface area contributed by atoms with Crippen LogP contribution in [0.15, 0.2) is 12.1 Å². The molecule has 2 rings (SSSR count). The van der Waals surface area contributed by atoms with Gasteiger partial charge in [0.25, 0.3) is 0 Å². The number of fused-ring (bicyclic) bond motifs is 1. The van der Waals surface area contributed by atoms with Crippen LogP contribution in [0.4, 0.5) is 0 Å². The molecule has 3 heteroatoms. The molecule has 0 aliphatic heterocycles. The normalized spacial score (nSPS) is 11.6. The molecular weight excluding hydrogens is 286 g/mol. The molecule has 1 heterocycles. The number of unbranched alkanes of at least 4 members (excludes halogenated alkanes) is 1. The number of benzene rings is 1. The van der Waals surface area contributed by atoms with Crippen molar-refractivity contribution < 1.29 is 9.90 Å². The van der Waals surface area contributed by atoms with Gasteiger partial charge in [-0.1, -0.05) is 34.1 Å². The van der Waals surface area contributed by atoms with Gasteiger partial charge in [-0.3, -0.25) is 0 Å². The lowest BCUT2D eigenvalue weighted by atomic mass is 9.95. The number of aromatic nitrogens is 1. The number of hydrogen-bond donors (Lipinski definition) is 1. The van der Waals surface area contributed by atoms with Gasteiger partial charge in [0.05, 0.1) is 11.1 Å². The highest BCUT2D eigenvalue weighted by Crippen LogP contribution is 2.34. The molecule has 3 nitrogen and oxygen atoms in total. The van der Waals surface area contributed by atoms with Gasteiger partial charge in [0.1, 0.15) is 0 Å². The number of carboxylic acids is 1. The molecular formula is C20H29NO2. The van der Waals surface area contributed by atoms with E-state index in [1.165, 1.54) is 16.8 Å². The summed E-state index contributed by atoms with van der Waals surface area (Å²) >= 11 is 0. The number of carbonyl (C=O) groups is 1. The number of nitrogens with zero attached hydrogens (tertiary/aromatic N) is 1. The summed E-state index contributed by atoms with van der Waals surface area (Å²) < 4.78 is 2.40. The largest absolute Gasteiger partial charge is 0.478 e. The molecule has 126 valence electrons. The Morgan fingerprint density at radius 3 is 2.43 bits per heavy atom. The predicted octanol–water partition coefficient (Wildman–Crippen LogP) is 5.52. The first-order chi connectivity index (χ1) is 10.9. The summed E-state index contributed by atoms with van der Waals surface area (Å²) in [5.74, 6) is -0.531. The second-order valence-corrected chi connectivity index (χ2v) is 6.74. The highest BCUT2D eigenvalue weighted by atomic mass is 16.4. The van der Waals surface area contributed by atoms with Crippen LogP contribution in [0, 0.1) is 6.92 Å². The lowest BCUT2D eigenvalue weighted by Crippen LogP contribution is -2.04. The zero-order chi connectivity index (χ0) is 17.1.